The third-order valence-electron chi connectivity index (χ3n) is 4.16. The number of rotatable bonds is 3. The minimum Gasteiger partial charge on any atom is -0.452 e. The molecule has 2 aromatic heterocycles. The third-order valence-corrected chi connectivity index (χ3v) is 4.59. The van der Waals surface area contributed by atoms with Crippen molar-refractivity contribution in [2.45, 2.75) is 25.9 Å². The lowest BCUT2D eigenvalue weighted by molar-refractivity contribution is -0.136. The largest absolute Gasteiger partial charge is 0.452 e. The Morgan fingerprint density at radius 2 is 2.21 bits per heavy atom. The Hall–Kier alpha value is -2.15. The number of carbonyl (C=O) groups excluding carboxylic acids is 2. The minimum absolute atomic E-state index is 0.0417. The van der Waals surface area contributed by atoms with Crippen molar-refractivity contribution >= 4 is 27.7 Å². The van der Waals surface area contributed by atoms with Gasteiger partial charge in [-0.1, -0.05) is 6.07 Å². The highest BCUT2D eigenvalue weighted by atomic mass is 79.9. The first kappa shape index (κ1) is 16.7. The van der Waals surface area contributed by atoms with E-state index in [9.17, 15) is 9.59 Å². The fourth-order valence-corrected chi connectivity index (χ4v) is 3.26. The zero-order valence-corrected chi connectivity index (χ0v) is 15.1. The van der Waals surface area contributed by atoms with Crippen LogP contribution in [-0.2, 0) is 22.7 Å². The topological polar surface area (TPSA) is 66.7 Å². The molecule has 6 nitrogen and oxygen atoms in total. The van der Waals surface area contributed by atoms with Crippen LogP contribution in [0.1, 0.15) is 29.9 Å². The zero-order chi connectivity index (χ0) is 17.3. The van der Waals surface area contributed by atoms with E-state index in [4.69, 9.17) is 4.42 Å². The van der Waals surface area contributed by atoms with Crippen LogP contribution in [0, 0.1) is 0 Å². The SMILES string of the molecule is CC(=O)N1Cc2cccnc2C(C(=O)N(C)Cc2ccc(Br)o2)C1. The molecule has 3 rings (SSSR count). The molecule has 126 valence electrons. The second kappa shape index (κ2) is 6.76. The summed E-state index contributed by atoms with van der Waals surface area (Å²) in [6, 6.07) is 7.36. The van der Waals surface area contributed by atoms with Gasteiger partial charge in [0.15, 0.2) is 4.67 Å². The Balaban J connectivity index is 1.83. The maximum atomic E-state index is 12.9. The molecule has 0 fully saturated rings. The fraction of sp³-hybridized carbons (Fsp3) is 0.353. The first-order valence-corrected chi connectivity index (χ1v) is 8.43. The van der Waals surface area contributed by atoms with Crippen LogP contribution in [0.5, 0.6) is 0 Å². The van der Waals surface area contributed by atoms with Crippen molar-refractivity contribution in [1.82, 2.24) is 14.8 Å². The molecule has 1 unspecified atom stereocenters. The summed E-state index contributed by atoms with van der Waals surface area (Å²) in [4.78, 5) is 32.4. The van der Waals surface area contributed by atoms with E-state index >= 15 is 0 Å². The normalized spacial score (nSPS) is 16.6. The molecule has 1 atom stereocenters. The van der Waals surface area contributed by atoms with E-state index in [1.807, 2.05) is 18.2 Å². The smallest absolute Gasteiger partial charge is 0.233 e. The number of carbonyl (C=O) groups is 2. The molecule has 0 saturated heterocycles. The Labute approximate surface area is 148 Å². The Morgan fingerprint density at radius 1 is 1.42 bits per heavy atom. The first-order chi connectivity index (χ1) is 11.5. The Morgan fingerprint density at radius 3 is 2.88 bits per heavy atom. The van der Waals surface area contributed by atoms with Crippen LogP contribution in [0.2, 0.25) is 0 Å². The molecule has 0 spiro atoms. The number of fused-ring (bicyclic) bond motifs is 1. The van der Waals surface area contributed by atoms with Gasteiger partial charge in [-0.05, 0) is 39.7 Å². The molecule has 2 aromatic rings. The molecule has 3 heterocycles. The van der Waals surface area contributed by atoms with Gasteiger partial charge < -0.3 is 14.2 Å². The number of hydrogen-bond acceptors (Lipinski definition) is 4. The van der Waals surface area contributed by atoms with E-state index < -0.39 is 5.92 Å². The van der Waals surface area contributed by atoms with Crippen molar-refractivity contribution in [3.05, 3.63) is 52.1 Å². The number of amides is 2. The van der Waals surface area contributed by atoms with Crippen LogP contribution in [0.4, 0.5) is 0 Å². The van der Waals surface area contributed by atoms with Crippen LogP contribution in [0.25, 0.3) is 0 Å². The number of furan rings is 1. The molecular weight excluding hydrogens is 374 g/mol. The summed E-state index contributed by atoms with van der Waals surface area (Å²) in [5.74, 6) is 0.119. The van der Waals surface area contributed by atoms with Gasteiger partial charge in [0.05, 0.1) is 18.2 Å². The summed E-state index contributed by atoms with van der Waals surface area (Å²) in [5, 5.41) is 0. The fourth-order valence-electron chi connectivity index (χ4n) is 2.92. The quantitative estimate of drug-likeness (QED) is 0.805. The molecule has 0 bridgehead atoms. The van der Waals surface area contributed by atoms with Gasteiger partial charge in [-0.25, -0.2) is 0 Å². The van der Waals surface area contributed by atoms with E-state index in [2.05, 4.69) is 20.9 Å². The maximum absolute atomic E-state index is 12.9. The van der Waals surface area contributed by atoms with Crippen molar-refractivity contribution in [1.29, 1.82) is 0 Å². The standard InChI is InChI=1S/C17H18BrN3O3/c1-11(22)21-8-12-4-3-7-19-16(12)14(10-21)17(23)20(2)9-13-5-6-15(18)24-13/h3-7,14H,8-10H2,1-2H3. The highest BCUT2D eigenvalue weighted by molar-refractivity contribution is 9.10. The molecule has 7 heteroatoms. The molecule has 0 radical (unpaired) electrons. The van der Waals surface area contributed by atoms with Gasteiger partial charge in [-0.2, -0.15) is 0 Å². The van der Waals surface area contributed by atoms with Gasteiger partial charge >= 0.3 is 0 Å². The molecule has 1 aliphatic heterocycles. The molecular formula is C17H18BrN3O3. The molecule has 1 aliphatic rings. The predicted molar refractivity (Wildman–Crippen MR) is 91.0 cm³/mol. The molecule has 0 N–H and O–H groups in total. The summed E-state index contributed by atoms with van der Waals surface area (Å²) in [6.45, 7) is 2.73. The number of hydrogen-bond donors (Lipinski definition) is 0. The van der Waals surface area contributed by atoms with Crippen LogP contribution >= 0.6 is 15.9 Å². The third kappa shape index (κ3) is 3.36. The predicted octanol–water partition coefficient (Wildman–Crippen LogP) is 2.54. The van der Waals surface area contributed by atoms with E-state index in [1.165, 1.54) is 6.92 Å². The van der Waals surface area contributed by atoms with E-state index in [0.29, 0.717) is 30.1 Å². The van der Waals surface area contributed by atoms with Gasteiger partial charge in [0.25, 0.3) is 0 Å². The van der Waals surface area contributed by atoms with Crippen LogP contribution in [-0.4, -0.2) is 40.2 Å². The monoisotopic (exact) mass is 391 g/mol. The lowest BCUT2D eigenvalue weighted by Crippen LogP contribution is -2.43. The van der Waals surface area contributed by atoms with Gasteiger partial charge in [0.1, 0.15) is 5.76 Å². The van der Waals surface area contributed by atoms with Gasteiger partial charge in [0.2, 0.25) is 11.8 Å². The number of likely N-dealkylation sites (N-methyl/N-ethyl adjacent to an activating group) is 1. The molecule has 0 aromatic carbocycles. The lowest BCUT2D eigenvalue weighted by atomic mass is 9.93. The number of pyridine rings is 1. The Kier molecular flexibility index (Phi) is 4.71. The average molecular weight is 392 g/mol. The van der Waals surface area contributed by atoms with Crippen molar-refractivity contribution < 1.29 is 14.0 Å². The van der Waals surface area contributed by atoms with Crippen LogP contribution < -0.4 is 0 Å². The van der Waals surface area contributed by atoms with Crippen molar-refractivity contribution in [2.75, 3.05) is 13.6 Å². The van der Waals surface area contributed by atoms with E-state index in [1.54, 1.807) is 29.1 Å². The summed E-state index contributed by atoms with van der Waals surface area (Å²) >= 11 is 3.26. The minimum atomic E-state index is -0.456. The summed E-state index contributed by atoms with van der Waals surface area (Å²) in [6.07, 6.45) is 1.69. The zero-order valence-electron chi connectivity index (χ0n) is 13.5. The summed E-state index contributed by atoms with van der Waals surface area (Å²) < 4.78 is 6.09. The van der Waals surface area contributed by atoms with Crippen molar-refractivity contribution in [3.63, 3.8) is 0 Å². The molecule has 24 heavy (non-hydrogen) atoms. The second-order valence-corrected chi connectivity index (χ2v) is 6.68. The summed E-state index contributed by atoms with van der Waals surface area (Å²) in [5.41, 5.74) is 1.68. The highest BCUT2D eigenvalue weighted by Crippen LogP contribution is 2.28. The first-order valence-electron chi connectivity index (χ1n) is 7.64. The Bertz CT molecular complexity index is 774. The molecule has 2 amide bonds. The average Bonchev–Trinajstić information content (AvgIpc) is 2.97. The highest BCUT2D eigenvalue weighted by Gasteiger charge is 2.34. The maximum Gasteiger partial charge on any atom is 0.233 e. The summed E-state index contributed by atoms with van der Waals surface area (Å²) in [7, 11) is 1.73. The van der Waals surface area contributed by atoms with Crippen molar-refractivity contribution in [3.8, 4) is 0 Å². The van der Waals surface area contributed by atoms with Gasteiger partial charge in [0, 0.05) is 33.3 Å². The van der Waals surface area contributed by atoms with Gasteiger partial charge in [-0.3, -0.25) is 14.6 Å². The van der Waals surface area contributed by atoms with Crippen LogP contribution in [0.3, 0.4) is 0 Å². The van der Waals surface area contributed by atoms with E-state index in [0.717, 1.165) is 11.3 Å². The van der Waals surface area contributed by atoms with Crippen molar-refractivity contribution in [2.24, 2.45) is 0 Å². The number of nitrogens with zero attached hydrogens (tertiary/aromatic N) is 3. The number of aromatic nitrogens is 1. The lowest BCUT2D eigenvalue weighted by Gasteiger charge is -2.34. The van der Waals surface area contributed by atoms with Crippen LogP contribution in [0.15, 0.2) is 39.5 Å². The van der Waals surface area contributed by atoms with Gasteiger partial charge in [-0.15, -0.1) is 0 Å². The van der Waals surface area contributed by atoms with E-state index in [-0.39, 0.29) is 11.8 Å². The molecule has 0 aliphatic carbocycles. The second-order valence-electron chi connectivity index (χ2n) is 5.90. The molecule has 0 saturated carbocycles. The number of halogens is 1.